The summed E-state index contributed by atoms with van der Waals surface area (Å²) in [6.45, 7) is 5.86. The molecule has 4 N–H and O–H groups in total. The van der Waals surface area contributed by atoms with E-state index < -0.39 is 50.3 Å². The Balaban J connectivity index is 1.57. The number of anilines is 1. The number of nitrogens with one attached hydrogen (secondary N) is 1. The number of hydrogen-bond donors (Lipinski definition) is 3. The van der Waals surface area contributed by atoms with E-state index in [9.17, 15) is 14.5 Å². The van der Waals surface area contributed by atoms with Crippen molar-refractivity contribution < 1.29 is 37.4 Å². The highest BCUT2D eigenvalue weighted by atomic mass is 31.2. The van der Waals surface area contributed by atoms with Crippen LogP contribution in [0.3, 0.4) is 0 Å². The molecule has 1 aliphatic heterocycles. The zero-order valence-corrected chi connectivity index (χ0v) is 22.8. The zero-order valence-electron chi connectivity index (χ0n) is 21.9. The second kappa shape index (κ2) is 11.5. The van der Waals surface area contributed by atoms with Gasteiger partial charge in [0, 0.05) is 0 Å². The molecule has 0 bridgehead atoms. The van der Waals surface area contributed by atoms with Crippen LogP contribution in [0.2, 0.25) is 0 Å². The Morgan fingerprint density at radius 2 is 2.05 bits per heavy atom. The smallest absolute Gasteiger partial charge is 0.459 e. The number of benzene rings is 1. The maximum absolute atomic E-state index is 15.9. The minimum absolute atomic E-state index is 0.0848. The van der Waals surface area contributed by atoms with Gasteiger partial charge in [-0.05, 0) is 31.9 Å². The topological polar surface area (TPSA) is 172 Å². The van der Waals surface area contributed by atoms with Crippen LogP contribution in [0.15, 0.2) is 42.9 Å². The average Bonchev–Trinajstić information content (AvgIpc) is 3.41. The first-order valence-corrected chi connectivity index (χ1v) is 13.9. The standard InChI is InChI=1S/C24H32FN6O7P/c1-5-35-23(33)18(14(2)3)30-39(34,38-15-9-7-6-8-10-15)36-12-17-19(32)24(4,25)20(37-17)16-11-27-22-21(26)28-13-29-31(16)22/h6-11,13-14,17-20,32H,5,12H2,1-4H3,(H,30,34)(H2,26,28,29)/t17-,18+,19-,20+,24-,39?/m1/s1. The lowest BCUT2D eigenvalue weighted by molar-refractivity contribution is -0.146. The number of esters is 1. The lowest BCUT2D eigenvalue weighted by Crippen LogP contribution is -2.43. The second-order valence-corrected chi connectivity index (χ2v) is 11.2. The lowest BCUT2D eigenvalue weighted by atomic mass is 9.93. The molecule has 0 amide bonds. The van der Waals surface area contributed by atoms with Gasteiger partial charge in [0.1, 0.15) is 36.4 Å². The van der Waals surface area contributed by atoms with Crippen LogP contribution in [0, 0.1) is 5.92 Å². The van der Waals surface area contributed by atoms with E-state index in [1.54, 1.807) is 51.1 Å². The molecule has 6 atom stereocenters. The van der Waals surface area contributed by atoms with E-state index in [1.807, 2.05) is 0 Å². The van der Waals surface area contributed by atoms with Crippen molar-refractivity contribution in [2.45, 2.75) is 57.7 Å². The lowest BCUT2D eigenvalue weighted by Gasteiger charge is -2.27. The Morgan fingerprint density at radius 1 is 1.33 bits per heavy atom. The van der Waals surface area contributed by atoms with E-state index in [2.05, 4.69) is 20.2 Å². The molecule has 0 radical (unpaired) electrons. The first-order valence-electron chi connectivity index (χ1n) is 12.4. The van der Waals surface area contributed by atoms with Crippen molar-refractivity contribution in [3.8, 4) is 5.75 Å². The molecule has 2 aromatic heterocycles. The molecule has 3 aromatic rings. The van der Waals surface area contributed by atoms with E-state index in [0.717, 1.165) is 0 Å². The molecule has 0 saturated carbocycles. The fourth-order valence-electron chi connectivity index (χ4n) is 4.18. The van der Waals surface area contributed by atoms with Crippen molar-refractivity contribution in [1.82, 2.24) is 24.7 Å². The summed E-state index contributed by atoms with van der Waals surface area (Å²) in [5.74, 6) is -0.711. The summed E-state index contributed by atoms with van der Waals surface area (Å²) in [7, 11) is -4.29. The average molecular weight is 567 g/mol. The molecule has 1 unspecified atom stereocenters. The highest BCUT2D eigenvalue weighted by molar-refractivity contribution is 7.52. The number of carbonyl (C=O) groups is 1. The predicted molar refractivity (Wildman–Crippen MR) is 137 cm³/mol. The van der Waals surface area contributed by atoms with Gasteiger partial charge in [0.05, 0.1) is 25.1 Å². The number of nitrogen functional groups attached to an aromatic ring is 1. The molecular formula is C24H32FN6O7P. The predicted octanol–water partition coefficient (Wildman–Crippen LogP) is 2.62. The number of para-hydroxylation sites is 1. The number of alkyl halides is 1. The molecule has 4 rings (SSSR count). The number of carbonyl (C=O) groups excluding carboxylic acids is 1. The van der Waals surface area contributed by atoms with Gasteiger partial charge in [-0.25, -0.2) is 23.4 Å². The summed E-state index contributed by atoms with van der Waals surface area (Å²) >= 11 is 0. The number of aliphatic hydroxyl groups excluding tert-OH is 1. The minimum Gasteiger partial charge on any atom is -0.465 e. The maximum atomic E-state index is 15.9. The number of aromatic nitrogens is 4. The number of fused-ring (bicyclic) bond motifs is 1. The first kappa shape index (κ1) is 28.8. The van der Waals surface area contributed by atoms with Crippen molar-refractivity contribution in [1.29, 1.82) is 0 Å². The largest absolute Gasteiger partial charge is 0.465 e. The van der Waals surface area contributed by atoms with Crippen LogP contribution in [0.25, 0.3) is 5.65 Å². The summed E-state index contributed by atoms with van der Waals surface area (Å²) in [4.78, 5) is 20.5. The number of aliphatic hydroxyl groups is 1. The molecule has 15 heteroatoms. The number of rotatable bonds is 11. The van der Waals surface area contributed by atoms with Gasteiger partial charge in [0.25, 0.3) is 0 Å². The Labute approximate surface area is 224 Å². The molecule has 0 spiro atoms. The SMILES string of the molecule is CCOC(=O)[C@@H](NP(=O)(OC[C@H]1O[C@@H](c2cnc3c(N)ncnn23)[C@](C)(F)[C@@H]1O)Oc1ccccc1)C(C)C. The number of nitrogens with zero attached hydrogens (tertiary/aromatic N) is 4. The monoisotopic (exact) mass is 566 g/mol. The second-order valence-electron chi connectivity index (χ2n) is 9.51. The number of halogens is 1. The molecule has 1 fully saturated rings. The molecule has 3 heterocycles. The molecular weight excluding hydrogens is 534 g/mol. The van der Waals surface area contributed by atoms with Crippen molar-refractivity contribution >= 4 is 25.2 Å². The van der Waals surface area contributed by atoms with Gasteiger partial charge in [0.2, 0.25) is 0 Å². The number of imidazole rings is 1. The molecule has 1 saturated heterocycles. The highest BCUT2D eigenvalue weighted by Crippen LogP contribution is 2.49. The van der Waals surface area contributed by atoms with Crippen LogP contribution in [0.1, 0.15) is 39.5 Å². The van der Waals surface area contributed by atoms with Crippen molar-refractivity contribution in [2.24, 2.45) is 5.92 Å². The van der Waals surface area contributed by atoms with E-state index in [1.165, 1.54) is 24.0 Å². The maximum Gasteiger partial charge on any atom is 0.459 e. The Bertz CT molecular complexity index is 1340. The molecule has 1 aliphatic rings. The van der Waals surface area contributed by atoms with Gasteiger partial charge in [-0.3, -0.25) is 9.32 Å². The fraction of sp³-hybridized carbons (Fsp3) is 0.500. The van der Waals surface area contributed by atoms with Gasteiger partial charge in [-0.2, -0.15) is 10.2 Å². The van der Waals surface area contributed by atoms with Gasteiger partial charge in [-0.15, -0.1) is 0 Å². The minimum atomic E-state index is -4.29. The van der Waals surface area contributed by atoms with Gasteiger partial charge >= 0.3 is 13.7 Å². The third kappa shape index (κ3) is 6.04. The van der Waals surface area contributed by atoms with E-state index in [0.29, 0.717) is 0 Å². The van der Waals surface area contributed by atoms with Crippen LogP contribution in [0.4, 0.5) is 10.2 Å². The van der Waals surface area contributed by atoms with Crippen molar-refractivity contribution in [3.05, 3.63) is 48.5 Å². The first-order chi connectivity index (χ1) is 18.5. The summed E-state index contributed by atoms with van der Waals surface area (Å²) in [6.07, 6.45) is -1.77. The number of ether oxygens (including phenoxy) is 2. The summed E-state index contributed by atoms with van der Waals surface area (Å²) in [6, 6.07) is 7.14. The van der Waals surface area contributed by atoms with Gasteiger partial charge < -0.3 is 24.8 Å². The van der Waals surface area contributed by atoms with Crippen LogP contribution in [-0.4, -0.2) is 67.8 Å². The van der Waals surface area contributed by atoms with E-state index in [4.69, 9.17) is 24.3 Å². The fourth-order valence-corrected chi connectivity index (χ4v) is 5.85. The third-order valence-corrected chi connectivity index (χ3v) is 7.80. The summed E-state index contributed by atoms with van der Waals surface area (Å²) in [5, 5.41) is 17.5. The third-order valence-electron chi connectivity index (χ3n) is 6.26. The Kier molecular flexibility index (Phi) is 8.52. The van der Waals surface area contributed by atoms with Crippen LogP contribution >= 0.6 is 7.75 Å². The molecule has 0 aliphatic carbocycles. The highest BCUT2D eigenvalue weighted by Gasteiger charge is 2.56. The summed E-state index contributed by atoms with van der Waals surface area (Å²) in [5.41, 5.74) is 3.90. The zero-order chi connectivity index (χ0) is 28.4. The van der Waals surface area contributed by atoms with Crippen LogP contribution in [-0.2, 0) is 23.4 Å². The molecule has 212 valence electrons. The Hall–Kier alpha value is -3.16. The van der Waals surface area contributed by atoms with Gasteiger partial charge in [-0.1, -0.05) is 32.0 Å². The normalized spacial score (nSPS) is 25.5. The van der Waals surface area contributed by atoms with E-state index >= 15 is 4.39 Å². The summed E-state index contributed by atoms with van der Waals surface area (Å²) < 4.78 is 53.3. The quantitative estimate of drug-likeness (QED) is 0.229. The van der Waals surface area contributed by atoms with Crippen molar-refractivity contribution in [2.75, 3.05) is 18.9 Å². The molecule has 39 heavy (non-hydrogen) atoms. The molecule has 13 nitrogen and oxygen atoms in total. The van der Waals surface area contributed by atoms with E-state index in [-0.39, 0.29) is 35.4 Å². The molecule has 1 aromatic carbocycles. The Morgan fingerprint density at radius 3 is 2.72 bits per heavy atom. The number of hydrogen-bond acceptors (Lipinski definition) is 11. The number of nitrogens with two attached hydrogens (primary N) is 1. The van der Waals surface area contributed by atoms with Crippen LogP contribution in [0.5, 0.6) is 5.75 Å². The van der Waals surface area contributed by atoms with Gasteiger partial charge in [0.15, 0.2) is 17.1 Å². The van der Waals surface area contributed by atoms with Crippen LogP contribution < -0.4 is 15.3 Å². The van der Waals surface area contributed by atoms with Crippen molar-refractivity contribution in [3.63, 3.8) is 0 Å².